The lowest BCUT2D eigenvalue weighted by Gasteiger charge is -2.34. The number of aromatic amines is 2. The quantitative estimate of drug-likeness (QED) is 0.102. The first-order valence-corrected chi connectivity index (χ1v) is 25.1. The molecule has 322 valence electrons. The summed E-state index contributed by atoms with van der Waals surface area (Å²) in [6.45, 7) is 9.05. The molecule has 2 aromatic heterocycles. The van der Waals surface area contributed by atoms with Crippen LogP contribution >= 0.6 is 0 Å². The number of benzene rings is 3. The highest BCUT2D eigenvalue weighted by atomic mass is 28.3. The van der Waals surface area contributed by atoms with E-state index in [1.807, 2.05) is 35.9 Å². The second-order valence-electron chi connectivity index (χ2n) is 18.2. The zero-order valence-electron chi connectivity index (χ0n) is 36.0. The zero-order valence-corrected chi connectivity index (χ0v) is 37.0. The number of alkyl carbamates (subject to hydrolysis) is 2. The van der Waals surface area contributed by atoms with E-state index >= 15 is 0 Å². The van der Waals surface area contributed by atoms with Crippen molar-refractivity contribution in [3.63, 3.8) is 0 Å². The van der Waals surface area contributed by atoms with Gasteiger partial charge in [-0.3, -0.25) is 9.59 Å². The maximum atomic E-state index is 14.4. The lowest BCUT2D eigenvalue weighted by atomic mass is 9.83. The molecule has 2 aliphatic heterocycles. The lowest BCUT2D eigenvalue weighted by Crippen LogP contribution is -2.53. The number of rotatable bonds is 10. The minimum atomic E-state index is -1.79. The smallest absolute Gasteiger partial charge is 0.407 e. The zero-order chi connectivity index (χ0) is 43.0. The molecular formula is C46H58N8O6Si. The van der Waals surface area contributed by atoms with Gasteiger partial charge in [-0.05, 0) is 77.8 Å². The lowest BCUT2D eigenvalue weighted by molar-refractivity contribution is -0.136. The van der Waals surface area contributed by atoms with Crippen LogP contribution in [0.3, 0.4) is 0 Å². The van der Waals surface area contributed by atoms with E-state index in [0.717, 1.165) is 107 Å². The molecule has 61 heavy (non-hydrogen) atoms. The number of nitrogens with one attached hydrogen (secondary N) is 4. The van der Waals surface area contributed by atoms with Crippen LogP contribution in [0.2, 0.25) is 19.1 Å². The highest BCUT2D eigenvalue weighted by molar-refractivity contribution is 6.78. The molecule has 8 rings (SSSR count). The average molecular weight is 847 g/mol. The van der Waals surface area contributed by atoms with Crippen molar-refractivity contribution in [3.05, 3.63) is 72.4 Å². The number of carbonyl (C=O) groups excluding carboxylic acids is 4. The number of imidazole rings is 2. The molecule has 4 heterocycles. The first-order chi connectivity index (χ1) is 29.3. The summed E-state index contributed by atoms with van der Waals surface area (Å²) in [5, 5.41) is 7.77. The number of likely N-dealkylation sites (tertiary alicyclic amines) is 1. The van der Waals surface area contributed by atoms with E-state index in [1.54, 1.807) is 0 Å². The molecule has 1 saturated carbocycles. The van der Waals surface area contributed by atoms with E-state index in [2.05, 4.69) is 82.2 Å². The van der Waals surface area contributed by atoms with Crippen LogP contribution in [0.4, 0.5) is 9.59 Å². The normalized spacial score (nSPS) is 20.2. The Bertz CT molecular complexity index is 2420. The van der Waals surface area contributed by atoms with Crippen LogP contribution in [0.5, 0.6) is 0 Å². The van der Waals surface area contributed by atoms with Gasteiger partial charge in [0.1, 0.15) is 23.7 Å². The van der Waals surface area contributed by atoms with Crippen molar-refractivity contribution in [2.24, 2.45) is 11.8 Å². The van der Waals surface area contributed by atoms with Crippen LogP contribution in [0, 0.1) is 11.8 Å². The third kappa shape index (κ3) is 8.61. The summed E-state index contributed by atoms with van der Waals surface area (Å²) in [6, 6.07) is 18.2. The second-order valence-corrected chi connectivity index (χ2v) is 23.2. The number of methoxy groups -OCH3 is 2. The first-order valence-electron chi connectivity index (χ1n) is 21.7. The Balaban J connectivity index is 1.000. The molecule has 3 fully saturated rings. The van der Waals surface area contributed by atoms with Gasteiger partial charge in [-0.2, -0.15) is 0 Å². The van der Waals surface area contributed by atoms with Crippen LogP contribution in [-0.2, 0) is 19.1 Å². The molecule has 0 unspecified atom stereocenters. The van der Waals surface area contributed by atoms with E-state index in [9.17, 15) is 19.2 Å². The molecule has 4 atom stereocenters. The number of hydrogen-bond donors (Lipinski definition) is 4. The maximum Gasteiger partial charge on any atom is 0.407 e. The fourth-order valence-corrected chi connectivity index (χ4v) is 12.7. The highest BCUT2D eigenvalue weighted by Crippen LogP contribution is 2.40. The van der Waals surface area contributed by atoms with Gasteiger partial charge in [0.25, 0.3) is 0 Å². The molecule has 3 aromatic carbocycles. The van der Waals surface area contributed by atoms with E-state index in [-0.39, 0.29) is 35.7 Å². The SMILES string of the molecule is COC(=O)N[C@H](C(=O)N1CCC[C@H]1c1ncc(-c2ccc(-c3ccc4c(ccc5nc([C@@H]6C[Si](C)(C)CN6C(=O)[C@@H](NC(=O)OC)C6CCCCC6)[nH]c54)c3)cc2)[nH]1)C(C)C. The molecule has 1 aliphatic carbocycles. The number of aromatic nitrogens is 4. The van der Waals surface area contributed by atoms with Gasteiger partial charge in [0.15, 0.2) is 0 Å². The number of fused-ring (bicyclic) bond motifs is 3. The standard InChI is InChI=1S/C46H58N8O6Si/c1-27(2)38(51-45(57)59-3)43(55)53-22-10-13-36(53)41-47-24-35(49-41)29-16-14-28(15-17-29)31-18-20-33-32(23-31)19-21-34-40(33)50-42(48-34)37-25-61(5,6)26-54(37)44(56)39(52-46(58)60-4)30-11-8-7-9-12-30/h14-21,23-24,27,30,36-39H,7-13,22,25-26H2,1-6H3,(H,47,49)(H,48,50)(H,51,57)(H,52,58)/t36-,37-,38-,39-/m0/s1. The summed E-state index contributed by atoms with van der Waals surface area (Å²) in [7, 11) is 0.852. The number of ether oxygens (including phenoxy) is 2. The number of amides is 4. The van der Waals surface area contributed by atoms with E-state index in [4.69, 9.17) is 19.4 Å². The van der Waals surface area contributed by atoms with Crippen molar-refractivity contribution in [3.8, 4) is 22.4 Å². The van der Waals surface area contributed by atoms with Gasteiger partial charge in [0, 0.05) is 18.1 Å². The predicted octanol–water partition coefficient (Wildman–Crippen LogP) is 8.25. The van der Waals surface area contributed by atoms with Gasteiger partial charge >= 0.3 is 12.2 Å². The van der Waals surface area contributed by atoms with Gasteiger partial charge in [-0.25, -0.2) is 19.6 Å². The van der Waals surface area contributed by atoms with Gasteiger partial charge in [-0.1, -0.05) is 88.7 Å². The van der Waals surface area contributed by atoms with Crippen LogP contribution in [0.1, 0.15) is 82.5 Å². The molecular weight excluding hydrogens is 789 g/mol. The van der Waals surface area contributed by atoms with Gasteiger partial charge < -0.3 is 39.9 Å². The van der Waals surface area contributed by atoms with E-state index in [0.29, 0.717) is 12.7 Å². The Morgan fingerprint density at radius 2 is 1.48 bits per heavy atom. The Morgan fingerprint density at radius 3 is 2.20 bits per heavy atom. The second kappa shape index (κ2) is 17.3. The van der Waals surface area contributed by atoms with Crippen LogP contribution in [0.15, 0.2) is 60.8 Å². The van der Waals surface area contributed by atoms with Crippen molar-refractivity contribution < 1.29 is 28.7 Å². The predicted molar refractivity (Wildman–Crippen MR) is 237 cm³/mol. The van der Waals surface area contributed by atoms with E-state index in [1.165, 1.54) is 14.2 Å². The highest BCUT2D eigenvalue weighted by Gasteiger charge is 2.47. The fraction of sp³-hybridized carbons (Fsp3) is 0.478. The molecule has 4 N–H and O–H groups in total. The molecule has 5 aromatic rings. The number of carbonyl (C=O) groups is 4. The summed E-state index contributed by atoms with van der Waals surface area (Å²) in [5.41, 5.74) is 5.80. The first kappa shape index (κ1) is 42.0. The summed E-state index contributed by atoms with van der Waals surface area (Å²) >= 11 is 0. The number of H-pyrrole nitrogens is 2. The Morgan fingerprint density at radius 1 is 0.770 bits per heavy atom. The summed E-state index contributed by atoms with van der Waals surface area (Å²) in [6.07, 6.45) is 8.06. The van der Waals surface area contributed by atoms with Crippen molar-refractivity contribution >= 4 is 53.9 Å². The van der Waals surface area contributed by atoms with Crippen molar-refractivity contribution in [1.29, 1.82) is 0 Å². The van der Waals surface area contributed by atoms with E-state index < -0.39 is 32.3 Å². The van der Waals surface area contributed by atoms with Crippen LogP contribution in [0.25, 0.3) is 44.2 Å². The van der Waals surface area contributed by atoms with Crippen molar-refractivity contribution in [1.82, 2.24) is 40.4 Å². The molecule has 0 bridgehead atoms. The average Bonchev–Trinajstić information content (AvgIpc) is 4.10. The molecule has 15 heteroatoms. The largest absolute Gasteiger partial charge is 0.453 e. The number of hydrogen-bond acceptors (Lipinski definition) is 8. The fourth-order valence-electron chi connectivity index (χ4n) is 9.81. The molecule has 4 amide bonds. The van der Waals surface area contributed by atoms with Gasteiger partial charge in [-0.15, -0.1) is 0 Å². The molecule has 0 spiro atoms. The summed E-state index contributed by atoms with van der Waals surface area (Å²) in [5.74, 6) is 1.33. The summed E-state index contributed by atoms with van der Waals surface area (Å²) < 4.78 is 9.74. The Kier molecular flexibility index (Phi) is 11.9. The third-order valence-corrected chi connectivity index (χ3v) is 15.7. The molecule has 3 aliphatic rings. The minimum absolute atomic E-state index is 0.0344. The topological polar surface area (TPSA) is 175 Å². The van der Waals surface area contributed by atoms with Crippen LogP contribution < -0.4 is 10.6 Å². The molecule has 0 radical (unpaired) electrons. The maximum absolute atomic E-state index is 14.4. The molecule has 14 nitrogen and oxygen atoms in total. The summed E-state index contributed by atoms with van der Waals surface area (Å²) in [4.78, 5) is 73.3. The van der Waals surface area contributed by atoms with Gasteiger partial charge in [0.2, 0.25) is 11.8 Å². The van der Waals surface area contributed by atoms with Crippen molar-refractivity contribution in [2.45, 2.75) is 102 Å². The number of nitrogens with zero attached hydrogens (tertiary/aromatic N) is 4. The Hall–Kier alpha value is -5.70. The van der Waals surface area contributed by atoms with Gasteiger partial charge in [0.05, 0.1) is 57.3 Å². The molecule has 2 saturated heterocycles. The van der Waals surface area contributed by atoms with Crippen LogP contribution in [-0.4, -0.2) is 101 Å². The van der Waals surface area contributed by atoms with Crippen molar-refractivity contribution in [2.75, 3.05) is 26.9 Å². The third-order valence-electron chi connectivity index (χ3n) is 13.0. The Labute approximate surface area is 357 Å². The minimum Gasteiger partial charge on any atom is -0.453 e. The monoisotopic (exact) mass is 846 g/mol.